The Morgan fingerprint density at radius 3 is 2.26 bits per heavy atom. The Morgan fingerprint density at radius 1 is 0.779 bits per heavy atom. The lowest BCUT2D eigenvalue weighted by atomic mass is 10.0. The molecular formula is C48H49N13O9S7. The number of ether oxygens (including phenoxy) is 1. The van der Waals surface area contributed by atoms with Gasteiger partial charge in [-0.05, 0) is 24.5 Å². The smallest absolute Gasteiger partial charge is 0.271 e. The Bertz CT molecular complexity index is 3540. The molecule has 0 radical (unpaired) electrons. The van der Waals surface area contributed by atoms with Crippen LogP contribution in [-0.2, 0) is 31.0 Å². The van der Waals surface area contributed by atoms with Crippen molar-refractivity contribution in [2.45, 2.75) is 64.1 Å². The molecule has 29 heteroatoms. The summed E-state index contributed by atoms with van der Waals surface area (Å²) in [5, 5.41) is 38.7. The number of rotatable bonds is 10. The Hall–Kier alpha value is -6.70. The number of benzene rings is 1. The maximum atomic E-state index is 14.2. The molecular weight excluding hydrogens is 1130 g/mol. The summed E-state index contributed by atoms with van der Waals surface area (Å²) < 4.78 is 31.9. The number of hydrogen-bond donors (Lipinski definition) is 8. The van der Waals surface area contributed by atoms with Crippen LogP contribution in [0.1, 0.15) is 128 Å². The fraction of sp³-hybridized carbons (Fsp3) is 0.312. The summed E-state index contributed by atoms with van der Waals surface area (Å²) in [7, 11) is -0.670. The molecule has 0 saturated heterocycles. The summed E-state index contributed by atoms with van der Waals surface area (Å²) in [5.74, 6) is -2.95. The number of sulfonamides is 1. The molecule has 0 fully saturated rings. The number of dihydropyridines is 1. The van der Waals surface area contributed by atoms with Gasteiger partial charge in [-0.2, -0.15) is 0 Å². The van der Waals surface area contributed by atoms with Crippen molar-refractivity contribution in [1.82, 2.24) is 61.8 Å². The number of fused-ring (bicyclic) bond motifs is 14. The van der Waals surface area contributed by atoms with Gasteiger partial charge in [0.25, 0.3) is 17.7 Å². The average molecular weight is 1180 g/mol. The van der Waals surface area contributed by atoms with Crippen LogP contribution in [0.4, 0.5) is 5.82 Å². The van der Waals surface area contributed by atoms with Gasteiger partial charge in [0.2, 0.25) is 21.8 Å². The fourth-order valence-electron chi connectivity index (χ4n) is 8.04. The first-order chi connectivity index (χ1) is 36.9. The number of nitrogens with one attached hydrogen (secondary N) is 7. The SMILES string of the molecule is CNC(=O)C[C@@H]1NC(=O)c2csc(n2)C2=CC=C(c3nc(NS(C)(=O)=O)cs3)NC2c2csc(n2)-c2csc(n2)[C@H]([C@@H](O)c2ccccc2)NC(=O)CNC(=O)c2nc(sc2COC)[C@@H](C(C)C)NC(=O)c2nc1sc2C. The molecule has 22 nitrogen and oxygen atoms in total. The van der Waals surface area contributed by atoms with E-state index in [4.69, 9.17) is 19.7 Å². The van der Waals surface area contributed by atoms with Crippen molar-refractivity contribution in [3.05, 3.63) is 127 Å². The zero-order chi connectivity index (χ0) is 54.7. The topological polar surface area (TPSA) is 310 Å². The normalized spacial score (nSPS) is 18.9. The highest BCUT2D eigenvalue weighted by Crippen LogP contribution is 2.41. The van der Waals surface area contributed by atoms with Crippen LogP contribution in [0.3, 0.4) is 0 Å². The molecule has 8 N–H and O–H groups in total. The number of aromatic nitrogens is 6. The first kappa shape index (κ1) is 55.1. The maximum Gasteiger partial charge on any atom is 0.271 e. The van der Waals surface area contributed by atoms with E-state index in [-0.39, 0.29) is 41.8 Å². The average Bonchev–Trinajstić information content (AvgIpc) is 4.31. The molecule has 402 valence electrons. The summed E-state index contributed by atoms with van der Waals surface area (Å²) in [6.45, 7) is 4.97. The number of aliphatic hydroxyl groups is 1. The van der Waals surface area contributed by atoms with Gasteiger partial charge in [0.1, 0.15) is 65.0 Å². The predicted molar refractivity (Wildman–Crippen MR) is 296 cm³/mol. The van der Waals surface area contributed by atoms with E-state index < -0.39 is 76.4 Å². The molecule has 5 amide bonds. The monoisotopic (exact) mass is 1180 g/mol. The number of thiazole rings is 6. The van der Waals surface area contributed by atoms with Crippen LogP contribution >= 0.6 is 68.0 Å². The lowest BCUT2D eigenvalue weighted by molar-refractivity contribution is -0.122. The molecule has 0 saturated carbocycles. The zero-order valence-electron chi connectivity index (χ0n) is 41.7. The first-order valence-electron chi connectivity index (χ1n) is 23.4. The van der Waals surface area contributed by atoms with Gasteiger partial charge in [0.05, 0.1) is 60.2 Å². The number of hydrogen-bond acceptors (Lipinski definition) is 22. The van der Waals surface area contributed by atoms with Gasteiger partial charge in [-0.15, -0.1) is 68.0 Å². The number of aliphatic hydroxyl groups excluding tert-OH is 1. The molecule has 0 aliphatic carbocycles. The lowest BCUT2D eigenvalue weighted by Gasteiger charge is -2.24. The molecule has 2 aliphatic heterocycles. The van der Waals surface area contributed by atoms with Gasteiger partial charge in [-0.25, -0.2) is 38.3 Å². The molecule has 10 bridgehead atoms. The number of allylic oxidation sites excluding steroid dienone is 2. The van der Waals surface area contributed by atoms with Crippen LogP contribution in [0.15, 0.2) is 64.0 Å². The van der Waals surface area contributed by atoms with Gasteiger partial charge >= 0.3 is 0 Å². The standard InChI is InChI=1S/C48H49N13O9S7/c1-21(2)34-48-60-37(30(76-48)16-70-5)41(66)50-15-33(63)57-38(39(64)23-10-8-7-9-11-23)47-55-29(19-73-47)45-53-27(17-72-45)36-24(12-13-25(51-36)44-56-31(20-74-44)61-77(6,68)69)43-54-28(18-71-43)40(65)52-26(14-32(62)49-4)46-59-35(22(3)75-46)42(67)58-34/h7-13,17-21,26,34,36,38-39,51,61,64H,14-16H2,1-6H3,(H,49,62)(H,50,66)(H,52,65)(H,57,63)(H,58,67)/t26-,34+,36?,38-,39-/m0/s1. The number of carbonyl (C=O) groups is 5. The summed E-state index contributed by atoms with van der Waals surface area (Å²) in [5.41, 5.74) is 2.78. The molecule has 2 aliphatic rings. The van der Waals surface area contributed by atoms with Crippen LogP contribution in [0.25, 0.3) is 22.0 Å². The molecule has 7 aromatic rings. The third-order valence-corrected chi connectivity index (χ3v) is 18.1. The molecule has 6 aromatic heterocycles. The number of methoxy groups -OCH3 is 1. The van der Waals surface area contributed by atoms with E-state index in [1.807, 2.05) is 25.3 Å². The van der Waals surface area contributed by atoms with Crippen molar-refractivity contribution in [3.63, 3.8) is 0 Å². The zero-order valence-corrected chi connectivity index (χ0v) is 47.4. The van der Waals surface area contributed by atoms with Crippen LogP contribution in [-0.4, -0.2) is 99.9 Å². The van der Waals surface area contributed by atoms with Gasteiger partial charge < -0.3 is 41.7 Å². The second-order valence-corrected chi connectivity index (χ2v) is 25.3. The lowest BCUT2D eigenvalue weighted by Crippen LogP contribution is -2.40. The summed E-state index contributed by atoms with van der Waals surface area (Å²) in [6.07, 6.45) is 3.15. The highest BCUT2D eigenvalue weighted by atomic mass is 32.2. The molecule has 5 atom stereocenters. The van der Waals surface area contributed by atoms with Gasteiger partial charge in [0.15, 0.2) is 5.82 Å². The quantitative estimate of drug-likeness (QED) is 0.0772. The molecule has 1 aromatic carbocycles. The number of anilines is 1. The maximum absolute atomic E-state index is 14.2. The van der Waals surface area contributed by atoms with Crippen LogP contribution in [0.5, 0.6) is 0 Å². The largest absolute Gasteiger partial charge is 0.386 e. The number of carbonyl (C=O) groups excluding carboxylic acids is 5. The molecule has 8 heterocycles. The van der Waals surface area contributed by atoms with E-state index in [9.17, 15) is 37.5 Å². The Labute approximate surface area is 465 Å². The van der Waals surface area contributed by atoms with E-state index in [0.717, 1.165) is 17.6 Å². The highest BCUT2D eigenvalue weighted by molar-refractivity contribution is 7.92. The first-order valence-corrected chi connectivity index (χ1v) is 30.5. The number of nitrogens with zero attached hydrogens (tertiary/aromatic N) is 6. The molecule has 1 unspecified atom stereocenters. The minimum Gasteiger partial charge on any atom is -0.386 e. The van der Waals surface area contributed by atoms with Crippen LogP contribution in [0.2, 0.25) is 0 Å². The second kappa shape index (κ2) is 23.5. The molecule has 0 spiro atoms. The van der Waals surface area contributed by atoms with Crippen LogP contribution < -0.4 is 36.6 Å². The number of aryl methyl sites for hydroxylation is 1. The van der Waals surface area contributed by atoms with Crippen molar-refractivity contribution >= 4 is 125 Å². The van der Waals surface area contributed by atoms with E-state index in [2.05, 4.69) is 51.6 Å². The van der Waals surface area contributed by atoms with E-state index in [1.165, 1.54) is 70.8 Å². The Kier molecular flexibility index (Phi) is 16.8. The van der Waals surface area contributed by atoms with Crippen molar-refractivity contribution in [1.29, 1.82) is 0 Å². The third kappa shape index (κ3) is 12.7. The predicted octanol–water partition coefficient (Wildman–Crippen LogP) is 6.06. The number of amides is 5. The van der Waals surface area contributed by atoms with Gasteiger partial charge in [0, 0.05) is 46.1 Å². The second-order valence-electron chi connectivity index (χ2n) is 17.8. The van der Waals surface area contributed by atoms with E-state index in [1.54, 1.807) is 59.5 Å². The van der Waals surface area contributed by atoms with Crippen molar-refractivity contribution in [2.24, 2.45) is 5.92 Å². The van der Waals surface area contributed by atoms with Crippen molar-refractivity contribution < 1.29 is 42.2 Å². The Balaban J connectivity index is 1.12. The minimum absolute atomic E-state index is 0.00131. The fourth-order valence-corrected chi connectivity index (χ4v) is 14.2. The van der Waals surface area contributed by atoms with Crippen LogP contribution in [0, 0.1) is 12.8 Å². The van der Waals surface area contributed by atoms with E-state index in [0.29, 0.717) is 68.0 Å². The minimum atomic E-state index is -3.61. The third-order valence-electron chi connectivity index (χ3n) is 11.8. The summed E-state index contributed by atoms with van der Waals surface area (Å²) in [6, 6.07) is 5.31. The molecule has 77 heavy (non-hydrogen) atoms. The summed E-state index contributed by atoms with van der Waals surface area (Å²) >= 11 is 7.22. The summed E-state index contributed by atoms with van der Waals surface area (Å²) in [4.78, 5) is 98.7. The van der Waals surface area contributed by atoms with E-state index >= 15 is 0 Å². The van der Waals surface area contributed by atoms with Gasteiger partial charge in [-0.3, -0.25) is 28.7 Å². The van der Waals surface area contributed by atoms with Gasteiger partial charge in [-0.1, -0.05) is 50.3 Å². The van der Waals surface area contributed by atoms with Crippen molar-refractivity contribution in [3.8, 4) is 10.7 Å². The van der Waals surface area contributed by atoms with Crippen molar-refractivity contribution in [2.75, 3.05) is 31.7 Å². The highest BCUT2D eigenvalue weighted by Gasteiger charge is 2.34. The Morgan fingerprint density at radius 2 is 1.52 bits per heavy atom. The molecule has 9 rings (SSSR count).